The lowest BCUT2D eigenvalue weighted by Crippen LogP contribution is -2.47. The molecular formula is C10H18N2O4. The van der Waals surface area contributed by atoms with Crippen molar-refractivity contribution in [3.05, 3.63) is 0 Å². The van der Waals surface area contributed by atoms with E-state index in [9.17, 15) is 9.59 Å². The number of aliphatic hydroxyl groups excluding tert-OH is 1. The second kappa shape index (κ2) is 4.69. The lowest BCUT2D eigenvalue weighted by molar-refractivity contribution is -0.119. The van der Waals surface area contributed by atoms with Crippen LogP contribution < -0.4 is 10.6 Å². The van der Waals surface area contributed by atoms with Crippen molar-refractivity contribution in [3.8, 4) is 0 Å². The zero-order chi connectivity index (χ0) is 12.3. The summed E-state index contributed by atoms with van der Waals surface area (Å²) in [5.74, 6) is -0.180. The third-order valence-electron chi connectivity index (χ3n) is 2.14. The van der Waals surface area contributed by atoms with E-state index in [1.165, 1.54) is 0 Å². The van der Waals surface area contributed by atoms with Crippen LogP contribution in [0, 0.1) is 0 Å². The predicted octanol–water partition coefficient (Wildman–Crippen LogP) is -0.240. The number of hydrogen-bond donors (Lipinski definition) is 3. The number of aliphatic hydroxyl groups is 1. The molecule has 3 N–H and O–H groups in total. The van der Waals surface area contributed by atoms with Gasteiger partial charge in [-0.05, 0) is 20.8 Å². The maximum absolute atomic E-state index is 11.4. The summed E-state index contributed by atoms with van der Waals surface area (Å²) in [7, 11) is 0. The largest absolute Gasteiger partial charge is 0.444 e. The normalized spacial score (nSPS) is 25.1. The fraction of sp³-hybridized carbons (Fsp3) is 0.800. The molecule has 0 bridgehead atoms. The molecule has 16 heavy (non-hydrogen) atoms. The highest BCUT2D eigenvalue weighted by Gasteiger charge is 2.33. The van der Waals surface area contributed by atoms with Gasteiger partial charge in [0.2, 0.25) is 5.91 Å². The minimum absolute atomic E-state index is 0.171. The number of hydrogen-bond acceptors (Lipinski definition) is 4. The van der Waals surface area contributed by atoms with Gasteiger partial charge in [0.25, 0.3) is 0 Å². The van der Waals surface area contributed by atoms with Gasteiger partial charge in [-0.3, -0.25) is 4.79 Å². The molecule has 92 valence electrons. The van der Waals surface area contributed by atoms with Crippen LogP contribution in [0.5, 0.6) is 0 Å². The molecule has 1 heterocycles. The quantitative estimate of drug-likeness (QED) is 0.611. The highest BCUT2D eigenvalue weighted by molar-refractivity contribution is 5.81. The van der Waals surface area contributed by atoms with Crippen molar-refractivity contribution in [2.45, 2.75) is 44.9 Å². The summed E-state index contributed by atoms with van der Waals surface area (Å²) in [5.41, 5.74) is -0.575. The standard InChI is InChI=1S/C10H18N2O4/c1-10(2,3)16-9(15)12-6-4-8(14)11-7(6)5-13/h6-7,13H,4-5H2,1-3H3,(H,11,14)(H,12,15). The summed E-state index contributed by atoms with van der Waals surface area (Å²) in [6.45, 7) is 5.07. The molecule has 1 rings (SSSR count). The van der Waals surface area contributed by atoms with E-state index in [0.717, 1.165) is 0 Å². The van der Waals surface area contributed by atoms with Crippen LogP contribution in [0.2, 0.25) is 0 Å². The zero-order valence-electron chi connectivity index (χ0n) is 9.74. The van der Waals surface area contributed by atoms with Gasteiger partial charge in [0.05, 0.1) is 18.7 Å². The van der Waals surface area contributed by atoms with Gasteiger partial charge in [0.15, 0.2) is 0 Å². The first kappa shape index (κ1) is 12.8. The van der Waals surface area contributed by atoms with Crippen molar-refractivity contribution < 1.29 is 19.4 Å². The molecule has 6 heteroatoms. The Labute approximate surface area is 94.3 Å². The molecule has 0 aromatic rings. The molecule has 1 saturated heterocycles. The van der Waals surface area contributed by atoms with E-state index < -0.39 is 23.8 Å². The molecule has 1 aliphatic rings. The molecule has 0 aliphatic carbocycles. The molecule has 0 aromatic carbocycles. The highest BCUT2D eigenvalue weighted by atomic mass is 16.6. The van der Waals surface area contributed by atoms with Crippen molar-refractivity contribution >= 4 is 12.0 Å². The van der Waals surface area contributed by atoms with Crippen molar-refractivity contribution in [2.24, 2.45) is 0 Å². The Balaban J connectivity index is 2.47. The lowest BCUT2D eigenvalue weighted by atomic mass is 10.1. The number of ether oxygens (including phenoxy) is 1. The van der Waals surface area contributed by atoms with Crippen LogP contribution >= 0.6 is 0 Å². The van der Waals surface area contributed by atoms with E-state index in [-0.39, 0.29) is 18.9 Å². The van der Waals surface area contributed by atoms with E-state index in [4.69, 9.17) is 9.84 Å². The van der Waals surface area contributed by atoms with Crippen LogP contribution in [-0.4, -0.2) is 41.4 Å². The SMILES string of the molecule is CC(C)(C)OC(=O)NC1CC(=O)NC1CO. The number of rotatable bonds is 2. The minimum atomic E-state index is -0.576. The molecule has 2 amide bonds. The van der Waals surface area contributed by atoms with Gasteiger partial charge in [0.1, 0.15) is 5.60 Å². The Morgan fingerprint density at radius 2 is 2.25 bits per heavy atom. The molecular weight excluding hydrogens is 212 g/mol. The Hall–Kier alpha value is -1.30. The van der Waals surface area contributed by atoms with Crippen LogP contribution in [0.15, 0.2) is 0 Å². The van der Waals surface area contributed by atoms with E-state index in [1.54, 1.807) is 20.8 Å². The first-order valence-electron chi connectivity index (χ1n) is 5.21. The van der Waals surface area contributed by atoms with Crippen LogP contribution in [0.25, 0.3) is 0 Å². The smallest absolute Gasteiger partial charge is 0.407 e. The molecule has 6 nitrogen and oxygen atoms in total. The summed E-state index contributed by atoms with van der Waals surface area (Å²) in [5, 5.41) is 14.1. The number of alkyl carbamates (subject to hydrolysis) is 1. The Bertz CT molecular complexity index is 285. The lowest BCUT2D eigenvalue weighted by Gasteiger charge is -2.23. The third kappa shape index (κ3) is 3.69. The second-order valence-corrected chi connectivity index (χ2v) is 4.81. The molecule has 2 atom stereocenters. The van der Waals surface area contributed by atoms with Crippen LogP contribution in [-0.2, 0) is 9.53 Å². The monoisotopic (exact) mass is 230 g/mol. The van der Waals surface area contributed by atoms with Crippen molar-refractivity contribution in [2.75, 3.05) is 6.61 Å². The first-order valence-corrected chi connectivity index (χ1v) is 5.21. The average molecular weight is 230 g/mol. The van der Waals surface area contributed by atoms with E-state index in [0.29, 0.717) is 0 Å². The molecule has 1 fully saturated rings. The van der Waals surface area contributed by atoms with Gasteiger partial charge in [-0.15, -0.1) is 0 Å². The van der Waals surface area contributed by atoms with Gasteiger partial charge in [-0.25, -0.2) is 4.79 Å². The number of amides is 2. The molecule has 0 radical (unpaired) electrons. The summed E-state index contributed by atoms with van der Waals surface area (Å²) in [4.78, 5) is 22.5. The van der Waals surface area contributed by atoms with E-state index in [2.05, 4.69) is 10.6 Å². The number of carbonyl (C=O) groups is 2. The van der Waals surface area contributed by atoms with Gasteiger partial charge in [0, 0.05) is 6.42 Å². The number of nitrogens with one attached hydrogen (secondary N) is 2. The molecule has 0 saturated carbocycles. The molecule has 1 aliphatic heterocycles. The van der Waals surface area contributed by atoms with Gasteiger partial charge in [-0.2, -0.15) is 0 Å². The van der Waals surface area contributed by atoms with Crippen molar-refractivity contribution in [3.63, 3.8) is 0 Å². The predicted molar refractivity (Wildman–Crippen MR) is 56.8 cm³/mol. The Kier molecular flexibility index (Phi) is 3.74. The first-order chi connectivity index (χ1) is 7.31. The highest BCUT2D eigenvalue weighted by Crippen LogP contribution is 2.11. The van der Waals surface area contributed by atoms with Crippen LogP contribution in [0.3, 0.4) is 0 Å². The average Bonchev–Trinajstić information content (AvgIpc) is 2.42. The Morgan fingerprint density at radius 1 is 1.62 bits per heavy atom. The van der Waals surface area contributed by atoms with Crippen LogP contribution in [0.4, 0.5) is 4.79 Å². The Morgan fingerprint density at radius 3 is 2.75 bits per heavy atom. The molecule has 0 aromatic heterocycles. The van der Waals surface area contributed by atoms with E-state index in [1.807, 2.05) is 0 Å². The fourth-order valence-corrected chi connectivity index (χ4v) is 1.49. The van der Waals surface area contributed by atoms with Gasteiger partial charge in [-0.1, -0.05) is 0 Å². The van der Waals surface area contributed by atoms with Crippen molar-refractivity contribution in [1.82, 2.24) is 10.6 Å². The van der Waals surface area contributed by atoms with Crippen LogP contribution in [0.1, 0.15) is 27.2 Å². The topological polar surface area (TPSA) is 87.7 Å². The third-order valence-corrected chi connectivity index (χ3v) is 2.14. The maximum Gasteiger partial charge on any atom is 0.407 e. The fourth-order valence-electron chi connectivity index (χ4n) is 1.49. The number of carbonyl (C=O) groups excluding carboxylic acids is 2. The van der Waals surface area contributed by atoms with Gasteiger partial charge < -0.3 is 20.5 Å². The minimum Gasteiger partial charge on any atom is -0.444 e. The van der Waals surface area contributed by atoms with E-state index >= 15 is 0 Å². The summed E-state index contributed by atoms with van der Waals surface area (Å²) in [6.07, 6.45) is -0.405. The summed E-state index contributed by atoms with van der Waals surface area (Å²) >= 11 is 0. The second-order valence-electron chi connectivity index (χ2n) is 4.81. The summed E-state index contributed by atoms with van der Waals surface area (Å²) in [6, 6.07) is -0.840. The zero-order valence-corrected chi connectivity index (χ0v) is 9.74. The summed E-state index contributed by atoms with van der Waals surface area (Å²) < 4.78 is 5.06. The van der Waals surface area contributed by atoms with Crippen molar-refractivity contribution in [1.29, 1.82) is 0 Å². The van der Waals surface area contributed by atoms with Gasteiger partial charge >= 0.3 is 6.09 Å². The maximum atomic E-state index is 11.4. The molecule has 0 spiro atoms. The molecule has 2 unspecified atom stereocenters.